The molecule has 0 bridgehead atoms. The zero-order valence-corrected chi connectivity index (χ0v) is 12.4. The second-order valence-corrected chi connectivity index (χ2v) is 5.37. The topological polar surface area (TPSA) is 56.7 Å². The van der Waals surface area contributed by atoms with Crippen LogP contribution in [0.15, 0.2) is 36.7 Å². The Morgan fingerprint density at radius 2 is 2.10 bits per heavy atom. The van der Waals surface area contributed by atoms with Gasteiger partial charge >= 0.3 is 0 Å². The lowest BCUT2D eigenvalue weighted by molar-refractivity contribution is 0.470. The van der Waals surface area contributed by atoms with E-state index in [2.05, 4.69) is 36.2 Å². The third-order valence-electron chi connectivity index (χ3n) is 3.67. The molecule has 2 aromatic rings. The molecule has 0 fully saturated rings. The van der Waals surface area contributed by atoms with Crippen LogP contribution in [0.3, 0.4) is 0 Å². The van der Waals surface area contributed by atoms with E-state index in [0.717, 1.165) is 37.1 Å². The van der Waals surface area contributed by atoms with Gasteiger partial charge in [-0.15, -0.1) is 0 Å². The van der Waals surface area contributed by atoms with Gasteiger partial charge in [0.15, 0.2) is 0 Å². The average Bonchev–Trinajstić information content (AvgIpc) is 2.94. The molecule has 4 heteroatoms. The van der Waals surface area contributed by atoms with Gasteiger partial charge in [0.05, 0.1) is 5.69 Å². The molecule has 4 nitrogen and oxygen atoms in total. The Labute approximate surface area is 121 Å². The third kappa shape index (κ3) is 4.17. The summed E-state index contributed by atoms with van der Waals surface area (Å²) in [6.07, 6.45) is 7.66. The first kappa shape index (κ1) is 14.7. The normalized spacial score (nSPS) is 14.2. The summed E-state index contributed by atoms with van der Waals surface area (Å²) >= 11 is 0. The van der Waals surface area contributed by atoms with Crippen molar-refractivity contribution in [3.05, 3.63) is 48.0 Å². The number of nitrogens with zero attached hydrogens (tertiary/aromatic N) is 3. The third-order valence-corrected chi connectivity index (χ3v) is 3.67. The molecule has 2 unspecified atom stereocenters. The fourth-order valence-corrected chi connectivity index (χ4v) is 2.17. The molecule has 2 rings (SSSR count). The Bertz CT molecular complexity index is 506. The predicted octanol–water partition coefficient (Wildman–Crippen LogP) is 2.75. The highest BCUT2D eigenvalue weighted by Gasteiger charge is 2.09. The quantitative estimate of drug-likeness (QED) is 0.843. The molecule has 0 aliphatic carbocycles. The summed E-state index contributed by atoms with van der Waals surface area (Å²) in [5.74, 6) is 0. The van der Waals surface area contributed by atoms with Crippen molar-refractivity contribution in [1.82, 2.24) is 14.8 Å². The van der Waals surface area contributed by atoms with Gasteiger partial charge in [-0.3, -0.25) is 9.67 Å². The van der Waals surface area contributed by atoms with Crippen LogP contribution in [0.1, 0.15) is 44.1 Å². The minimum atomic E-state index is 0.136. The first-order valence-electron chi connectivity index (χ1n) is 7.38. The van der Waals surface area contributed by atoms with Gasteiger partial charge in [0, 0.05) is 36.6 Å². The molecule has 0 spiro atoms. The van der Waals surface area contributed by atoms with Gasteiger partial charge in [-0.2, -0.15) is 5.10 Å². The standard InChI is InChI=1S/C16H24N4/c1-3-13(2)20-11-9-16(19-20)12-14(17)7-8-15-6-4-5-10-18-15/h4-6,9-11,13-14H,3,7-8,12,17H2,1-2H3. The van der Waals surface area contributed by atoms with Crippen molar-refractivity contribution >= 4 is 0 Å². The SMILES string of the molecule is CCC(C)n1ccc(CC(N)CCc2ccccn2)n1. The monoisotopic (exact) mass is 272 g/mol. The van der Waals surface area contributed by atoms with Gasteiger partial charge in [-0.05, 0) is 44.4 Å². The summed E-state index contributed by atoms with van der Waals surface area (Å²) in [5, 5.41) is 4.60. The van der Waals surface area contributed by atoms with E-state index in [9.17, 15) is 0 Å². The lowest BCUT2D eigenvalue weighted by Gasteiger charge is -2.10. The first-order chi connectivity index (χ1) is 9.69. The fraction of sp³-hybridized carbons (Fsp3) is 0.500. The van der Waals surface area contributed by atoms with Crippen molar-refractivity contribution in [1.29, 1.82) is 0 Å². The molecule has 0 radical (unpaired) electrons. The fourth-order valence-electron chi connectivity index (χ4n) is 2.17. The van der Waals surface area contributed by atoms with Crippen LogP contribution in [-0.2, 0) is 12.8 Å². The molecule has 0 aliphatic heterocycles. The summed E-state index contributed by atoms with van der Waals surface area (Å²) in [6, 6.07) is 8.66. The summed E-state index contributed by atoms with van der Waals surface area (Å²) in [5.41, 5.74) is 8.38. The highest BCUT2D eigenvalue weighted by Crippen LogP contribution is 2.11. The van der Waals surface area contributed by atoms with E-state index in [1.807, 2.05) is 29.1 Å². The summed E-state index contributed by atoms with van der Waals surface area (Å²) in [4.78, 5) is 4.32. The molecule has 0 amide bonds. The summed E-state index contributed by atoms with van der Waals surface area (Å²) < 4.78 is 2.03. The molecule has 2 N–H and O–H groups in total. The van der Waals surface area contributed by atoms with E-state index in [-0.39, 0.29) is 6.04 Å². The molecular weight excluding hydrogens is 248 g/mol. The largest absolute Gasteiger partial charge is 0.327 e. The van der Waals surface area contributed by atoms with Gasteiger partial charge < -0.3 is 5.73 Å². The van der Waals surface area contributed by atoms with Crippen molar-refractivity contribution in [2.75, 3.05) is 0 Å². The van der Waals surface area contributed by atoms with Crippen molar-refractivity contribution in [2.45, 2.75) is 51.6 Å². The number of hydrogen-bond donors (Lipinski definition) is 1. The molecule has 0 aromatic carbocycles. The molecule has 108 valence electrons. The van der Waals surface area contributed by atoms with Crippen LogP contribution in [0.4, 0.5) is 0 Å². The second kappa shape index (κ2) is 7.20. The van der Waals surface area contributed by atoms with Crippen LogP contribution >= 0.6 is 0 Å². The minimum absolute atomic E-state index is 0.136. The maximum Gasteiger partial charge on any atom is 0.0640 e. The highest BCUT2D eigenvalue weighted by molar-refractivity contribution is 5.05. The minimum Gasteiger partial charge on any atom is -0.327 e. The second-order valence-electron chi connectivity index (χ2n) is 5.37. The number of aryl methyl sites for hydroxylation is 1. The zero-order valence-electron chi connectivity index (χ0n) is 12.4. The first-order valence-corrected chi connectivity index (χ1v) is 7.38. The highest BCUT2D eigenvalue weighted by atomic mass is 15.3. The smallest absolute Gasteiger partial charge is 0.0640 e. The van der Waals surface area contributed by atoms with E-state index in [1.165, 1.54) is 0 Å². The van der Waals surface area contributed by atoms with Crippen LogP contribution in [0.5, 0.6) is 0 Å². The molecule has 2 aromatic heterocycles. The van der Waals surface area contributed by atoms with Gasteiger partial charge in [0.2, 0.25) is 0 Å². The number of nitrogens with two attached hydrogens (primary N) is 1. The van der Waals surface area contributed by atoms with Crippen LogP contribution in [0.25, 0.3) is 0 Å². The average molecular weight is 272 g/mol. The molecule has 0 saturated carbocycles. The van der Waals surface area contributed by atoms with Crippen LogP contribution in [-0.4, -0.2) is 20.8 Å². The van der Waals surface area contributed by atoms with Crippen LogP contribution < -0.4 is 5.73 Å². The summed E-state index contributed by atoms with van der Waals surface area (Å²) in [7, 11) is 0. The maximum atomic E-state index is 6.19. The van der Waals surface area contributed by atoms with E-state index >= 15 is 0 Å². The van der Waals surface area contributed by atoms with Crippen molar-refractivity contribution in [3.8, 4) is 0 Å². The summed E-state index contributed by atoms with van der Waals surface area (Å²) in [6.45, 7) is 4.35. The van der Waals surface area contributed by atoms with Gasteiger partial charge in [0.25, 0.3) is 0 Å². The van der Waals surface area contributed by atoms with Crippen molar-refractivity contribution in [3.63, 3.8) is 0 Å². The van der Waals surface area contributed by atoms with Gasteiger partial charge in [0.1, 0.15) is 0 Å². The number of hydrogen-bond acceptors (Lipinski definition) is 3. The van der Waals surface area contributed by atoms with E-state index < -0.39 is 0 Å². The van der Waals surface area contributed by atoms with Crippen LogP contribution in [0, 0.1) is 0 Å². The van der Waals surface area contributed by atoms with Crippen molar-refractivity contribution in [2.24, 2.45) is 5.73 Å². The number of pyridine rings is 1. The zero-order chi connectivity index (χ0) is 14.4. The Kier molecular flexibility index (Phi) is 5.30. The Morgan fingerprint density at radius 1 is 1.25 bits per heavy atom. The van der Waals surface area contributed by atoms with Crippen molar-refractivity contribution < 1.29 is 0 Å². The molecule has 2 atom stereocenters. The molecular formula is C16H24N4. The molecule has 0 saturated heterocycles. The van der Waals surface area contributed by atoms with E-state index in [1.54, 1.807) is 0 Å². The van der Waals surface area contributed by atoms with Crippen LogP contribution in [0.2, 0.25) is 0 Å². The number of aromatic nitrogens is 3. The van der Waals surface area contributed by atoms with E-state index in [4.69, 9.17) is 5.73 Å². The molecule has 2 heterocycles. The Balaban J connectivity index is 1.82. The molecule has 20 heavy (non-hydrogen) atoms. The maximum absolute atomic E-state index is 6.19. The lowest BCUT2D eigenvalue weighted by Crippen LogP contribution is -2.24. The van der Waals surface area contributed by atoms with E-state index in [0.29, 0.717) is 6.04 Å². The van der Waals surface area contributed by atoms with Gasteiger partial charge in [-0.25, -0.2) is 0 Å². The molecule has 0 aliphatic rings. The lowest BCUT2D eigenvalue weighted by atomic mass is 10.1. The number of rotatable bonds is 7. The van der Waals surface area contributed by atoms with Gasteiger partial charge in [-0.1, -0.05) is 13.0 Å². The Hall–Kier alpha value is -1.68. The Morgan fingerprint density at radius 3 is 2.80 bits per heavy atom. The predicted molar refractivity (Wildman–Crippen MR) is 81.5 cm³/mol.